The molecule has 0 amide bonds. The molecular formula is C22H21NO4. The number of aliphatic hydroxyl groups is 1. The normalized spacial score (nSPS) is 18.3. The number of hydrogen-bond donors (Lipinski definition) is 1. The minimum Gasteiger partial charge on any atom is -0.489 e. The van der Waals surface area contributed by atoms with Gasteiger partial charge in [0.05, 0.1) is 6.20 Å². The molecule has 1 aliphatic rings. The Bertz CT molecular complexity index is 896. The first kappa shape index (κ1) is 17.4. The van der Waals surface area contributed by atoms with Crippen LogP contribution < -0.4 is 14.2 Å². The fourth-order valence-electron chi connectivity index (χ4n) is 2.98. The number of rotatable bonds is 5. The van der Waals surface area contributed by atoms with Crippen molar-refractivity contribution < 1.29 is 19.3 Å². The molecular weight excluding hydrogens is 342 g/mol. The van der Waals surface area contributed by atoms with Crippen molar-refractivity contribution in [2.45, 2.75) is 25.7 Å². The Balaban J connectivity index is 1.47. The molecule has 0 fully saturated rings. The molecule has 0 bridgehead atoms. The summed E-state index contributed by atoms with van der Waals surface area (Å²) in [5, 5.41) is 10.8. The molecule has 5 heteroatoms. The van der Waals surface area contributed by atoms with Crippen LogP contribution in [0, 0.1) is 6.92 Å². The van der Waals surface area contributed by atoms with E-state index in [0.29, 0.717) is 29.4 Å². The fraction of sp³-hybridized carbons (Fsp3) is 0.227. The summed E-state index contributed by atoms with van der Waals surface area (Å²) in [6.45, 7) is 2.65. The first-order valence-corrected chi connectivity index (χ1v) is 8.90. The highest BCUT2D eigenvalue weighted by molar-refractivity contribution is 5.43. The Morgan fingerprint density at radius 3 is 2.67 bits per heavy atom. The van der Waals surface area contributed by atoms with E-state index in [1.807, 2.05) is 67.6 Å². The van der Waals surface area contributed by atoms with E-state index >= 15 is 0 Å². The van der Waals surface area contributed by atoms with Gasteiger partial charge in [-0.3, -0.25) is 4.98 Å². The zero-order chi connectivity index (χ0) is 18.6. The summed E-state index contributed by atoms with van der Waals surface area (Å²) in [5.41, 5.74) is 2.66. The second-order valence-corrected chi connectivity index (χ2v) is 6.52. The van der Waals surface area contributed by atoms with E-state index in [1.54, 1.807) is 6.20 Å². The van der Waals surface area contributed by atoms with Gasteiger partial charge in [-0.2, -0.15) is 0 Å². The van der Waals surface area contributed by atoms with Crippen molar-refractivity contribution in [3.05, 3.63) is 83.7 Å². The molecule has 1 aliphatic heterocycles. The lowest BCUT2D eigenvalue weighted by molar-refractivity contribution is -0.0106. The minimum absolute atomic E-state index is 0.270. The van der Waals surface area contributed by atoms with Crippen LogP contribution in [0.5, 0.6) is 17.2 Å². The standard InChI is InChI=1S/C22H21NO4/c1-15-7-8-18(12-23-15)27-21-14-26-20-10-9-17(11-19(20)22(21)24)25-13-16-5-3-2-4-6-16/h2-12,21-22,24H,13-14H2,1H3/t21-,22+/m0/s1. The molecule has 138 valence electrons. The Labute approximate surface area is 158 Å². The third-order valence-corrected chi connectivity index (χ3v) is 4.48. The van der Waals surface area contributed by atoms with E-state index in [4.69, 9.17) is 14.2 Å². The summed E-state index contributed by atoms with van der Waals surface area (Å²) >= 11 is 0. The van der Waals surface area contributed by atoms with Gasteiger partial charge in [-0.1, -0.05) is 30.3 Å². The molecule has 0 aliphatic carbocycles. The van der Waals surface area contributed by atoms with Crippen molar-refractivity contribution in [2.75, 3.05) is 6.61 Å². The monoisotopic (exact) mass is 363 g/mol. The molecule has 0 radical (unpaired) electrons. The van der Waals surface area contributed by atoms with Crippen LogP contribution >= 0.6 is 0 Å². The smallest absolute Gasteiger partial charge is 0.163 e. The highest BCUT2D eigenvalue weighted by atomic mass is 16.5. The van der Waals surface area contributed by atoms with Crippen LogP contribution in [0.1, 0.15) is 22.9 Å². The number of ether oxygens (including phenoxy) is 3. The van der Waals surface area contributed by atoms with Crippen LogP contribution in [0.3, 0.4) is 0 Å². The Morgan fingerprint density at radius 1 is 1.07 bits per heavy atom. The molecule has 0 spiro atoms. The van der Waals surface area contributed by atoms with Gasteiger partial charge in [0.15, 0.2) is 6.10 Å². The van der Waals surface area contributed by atoms with Gasteiger partial charge in [0.2, 0.25) is 0 Å². The predicted molar refractivity (Wildman–Crippen MR) is 101 cm³/mol. The molecule has 3 aromatic rings. The summed E-state index contributed by atoms with van der Waals surface area (Å²) in [4.78, 5) is 4.21. The van der Waals surface area contributed by atoms with Crippen LogP contribution in [-0.2, 0) is 6.61 Å². The second-order valence-electron chi connectivity index (χ2n) is 6.52. The van der Waals surface area contributed by atoms with E-state index < -0.39 is 12.2 Å². The Morgan fingerprint density at radius 2 is 1.89 bits per heavy atom. The Hall–Kier alpha value is -3.05. The van der Waals surface area contributed by atoms with Gasteiger partial charge in [0.25, 0.3) is 0 Å². The SMILES string of the molecule is Cc1ccc(O[C@H]2COc3ccc(OCc4ccccc4)cc3[C@H]2O)cn1. The van der Waals surface area contributed by atoms with E-state index in [0.717, 1.165) is 11.3 Å². The summed E-state index contributed by atoms with van der Waals surface area (Å²) in [6, 6.07) is 19.1. The highest BCUT2D eigenvalue weighted by Gasteiger charge is 2.31. The zero-order valence-electron chi connectivity index (χ0n) is 15.0. The number of fused-ring (bicyclic) bond motifs is 1. The first-order chi connectivity index (χ1) is 13.2. The van der Waals surface area contributed by atoms with Crippen molar-refractivity contribution in [2.24, 2.45) is 0 Å². The van der Waals surface area contributed by atoms with E-state index in [-0.39, 0.29) is 6.61 Å². The molecule has 27 heavy (non-hydrogen) atoms. The number of aliphatic hydroxyl groups excluding tert-OH is 1. The second kappa shape index (κ2) is 7.68. The lowest BCUT2D eigenvalue weighted by Gasteiger charge is -2.30. The number of pyridine rings is 1. The van der Waals surface area contributed by atoms with Gasteiger partial charge in [-0.05, 0) is 42.8 Å². The molecule has 5 nitrogen and oxygen atoms in total. The molecule has 4 rings (SSSR count). The van der Waals surface area contributed by atoms with E-state index in [9.17, 15) is 5.11 Å². The number of nitrogens with zero attached hydrogens (tertiary/aromatic N) is 1. The van der Waals surface area contributed by atoms with Crippen LogP contribution in [0.25, 0.3) is 0 Å². The quantitative estimate of drug-likeness (QED) is 0.746. The maximum atomic E-state index is 10.8. The molecule has 0 saturated heterocycles. The third-order valence-electron chi connectivity index (χ3n) is 4.48. The van der Waals surface area contributed by atoms with Gasteiger partial charge < -0.3 is 19.3 Å². The van der Waals surface area contributed by atoms with Crippen LogP contribution in [0.4, 0.5) is 0 Å². The van der Waals surface area contributed by atoms with Crippen LogP contribution in [0.2, 0.25) is 0 Å². The third kappa shape index (κ3) is 4.04. The number of benzene rings is 2. The van der Waals surface area contributed by atoms with Crippen molar-refractivity contribution in [1.82, 2.24) is 4.98 Å². The van der Waals surface area contributed by atoms with Crippen molar-refractivity contribution in [3.63, 3.8) is 0 Å². The van der Waals surface area contributed by atoms with Crippen LogP contribution in [0.15, 0.2) is 66.9 Å². The lowest BCUT2D eigenvalue weighted by Crippen LogP contribution is -2.35. The van der Waals surface area contributed by atoms with Crippen LogP contribution in [-0.4, -0.2) is 22.8 Å². The molecule has 0 saturated carbocycles. The van der Waals surface area contributed by atoms with Crippen molar-refractivity contribution in [3.8, 4) is 17.2 Å². The van der Waals surface area contributed by atoms with Gasteiger partial charge in [-0.15, -0.1) is 0 Å². The first-order valence-electron chi connectivity index (χ1n) is 8.90. The Kier molecular flexibility index (Phi) is 4.94. The van der Waals surface area contributed by atoms with Crippen molar-refractivity contribution >= 4 is 0 Å². The summed E-state index contributed by atoms with van der Waals surface area (Å²) in [5.74, 6) is 1.93. The molecule has 1 N–H and O–H groups in total. The van der Waals surface area contributed by atoms with Gasteiger partial charge in [-0.25, -0.2) is 0 Å². The average molecular weight is 363 g/mol. The predicted octanol–water partition coefficient (Wildman–Crippen LogP) is 3.84. The molecule has 0 unspecified atom stereocenters. The fourth-order valence-corrected chi connectivity index (χ4v) is 2.98. The average Bonchev–Trinajstić information content (AvgIpc) is 2.71. The largest absolute Gasteiger partial charge is 0.489 e. The van der Waals surface area contributed by atoms with Crippen molar-refractivity contribution in [1.29, 1.82) is 0 Å². The summed E-state index contributed by atoms with van der Waals surface area (Å²) in [6.07, 6.45) is 0.332. The van der Waals surface area contributed by atoms with Gasteiger partial charge in [0, 0.05) is 11.3 Å². The van der Waals surface area contributed by atoms with E-state index in [2.05, 4.69) is 4.98 Å². The lowest BCUT2D eigenvalue weighted by atomic mass is 10.0. The van der Waals surface area contributed by atoms with Gasteiger partial charge in [0.1, 0.15) is 36.6 Å². The zero-order valence-corrected chi connectivity index (χ0v) is 15.0. The molecule has 2 aromatic carbocycles. The number of aromatic nitrogens is 1. The van der Waals surface area contributed by atoms with Gasteiger partial charge >= 0.3 is 0 Å². The maximum Gasteiger partial charge on any atom is 0.163 e. The molecule has 2 heterocycles. The highest BCUT2D eigenvalue weighted by Crippen LogP contribution is 2.36. The molecule has 2 atom stereocenters. The summed E-state index contributed by atoms with van der Waals surface area (Å²) < 4.78 is 17.5. The number of aryl methyl sites for hydroxylation is 1. The van der Waals surface area contributed by atoms with E-state index in [1.165, 1.54) is 0 Å². The maximum absolute atomic E-state index is 10.8. The minimum atomic E-state index is -0.810. The summed E-state index contributed by atoms with van der Waals surface area (Å²) in [7, 11) is 0. The molecule has 1 aromatic heterocycles. The topological polar surface area (TPSA) is 60.8 Å². The number of hydrogen-bond acceptors (Lipinski definition) is 5.